The summed E-state index contributed by atoms with van der Waals surface area (Å²) in [6.07, 6.45) is 4.90. The van der Waals surface area contributed by atoms with Crippen LogP contribution in [-0.4, -0.2) is 69.2 Å². The topological polar surface area (TPSA) is 70.9 Å². The lowest BCUT2D eigenvalue weighted by Gasteiger charge is -2.52. The van der Waals surface area contributed by atoms with Crippen molar-refractivity contribution >= 4 is 56.5 Å². The number of rotatable bonds is 5. The van der Waals surface area contributed by atoms with Crippen LogP contribution in [0.15, 0.2) is 20.7 Å². The van der Waals surface area contributed by atoms with Crippen molar-refractivity contribution in [1.82, 2.24) is 14.9 Å². The number of piperazine rings is 1. The summed E-state index contributed by atoms with van der Waals surface area (Å²) in [5.74, 6) is 1.86. The molecule has 3 atom stereocenters. The molecular weight excluding hydrogens is 550 g/mol. The molecule has 1 aliphatic carbocycles. The van der Waals surface area contributed by atoms with Gasteiger partial charge in [-0.1, -0.05) is 31.7 Å². The molecule has 0 saturated carbocycles. The SMILES string of the molecule is C/C=C1\C(=NC(C)CC)C(Br)=C(C)c2nc(SCC)nc(N3CC4CCC3CN4C(=O)OC(C)(C)C)c21. The van der Waals surface area contributed by atoms with Crippen LogP contribution in [0, 0.1) is 0 Å². The molecule has 2 bridgehead atoms. The van der Waals surface area contributed by atoms with Crippen LogP contribution in [0.4, 0.5) is 10.6 Å². The normalized spacial score (nSPS) is 24.7. The second-order valence-corrected chi connectivity index (χ2v) is 13.1. The van der Waals surface area contributed by atoms with E-state index in [1.807, 2.05) is 25.7 Å². The molecule has 7 nitrogen and oxygen atoms in total. The minimum absolute atomic E-state index is 0.0991. The Balaban J connectivity index is 1.80. The second-order valence-electron chi connectivity index (χ2n) is 11.0. The van der Waals surface area contributed by atoms with Crippen LogP contribution in [0.1, 0.15) is 85.9 Å². The number of anilines is 1. The molecule has 4 heterocycles. The lowest BCUT2D eigenvalue weighted by atomic mass is 9.86. The van der Waals surface area contributed by atoms with Gasteiger partial charge in [0.25, 0.3) is 0 Å². The number of aromatic nitrogens is 2. The third kappa shape index (κ3) is 5.63. The Morgan fingerprint density at radius 1 is 1.24 bits per heavy atom. The van der Waals surface area contributed by atoms with E-state index in [2.05, 4.69) is 61.5 Å². The number of amides is 1. The van der Waals surface area contributed by atoms with Crippen LogP contribution in [-0.2, 0) is 4.74 Å². The quantitative estimate of drug-likeness (QED) is 0.273. The zero-order valence-corrected chi connectivity index (χ0v) is 25.8. The second kappa shape index (κ2) is 11.1. The van der Waals surface area contributed by atoms with Crippen LogP contribution in [0.25, 0.3) is 11.1 Å². The van der Waals surface area contributed by atoms with Crippen molar-refractivity contribution in [3.8, 4) is 0 Å². The van der Waals surface area contributed by atoms with E-state index in [-0.39, 0.29) is 24.2 Å². The molecule has 1 aromatic heterocycles. The Morgan fingerprint density at radius 2 is 1.95 bits per heavy atom. The summed E-state index contributed by atoms with van der Waals surface area (Å²) in [5, 5.41) is 0.791. The Morgan fingerprint density at radius 3 is 2.51 bits per heavy atom. The first-order chi connectivity index (χ1) is 17.5. The number of hydrogen-bond donors (Lipinski definition) is 0. The van der Waals surface area contributed by atoms with Crippen LogP contribution >= 0.6 is 27.7 Å². The highest BCUT2D eigenvalue weighted by atomic mass is 79.9. The van der Waals surface area contributed by atoms with Crippen molar-refractivity contribution in [3.63, 3.8) is 0 Å². The van der Waals surface area contributed by atoms with E-state index in [1.54, 1.807) is 11.8 Å². The molecule has 5 rings (SSSR count). The highest BCUT2D eigenvalue weighted by molar-refractivity contribution is 9.12. The van der Waals surface area contributed by atoms with Crippen LogP contribution < -0.4 is 4.90 Å². The number of nitrogens with zero attached hydrogens (tertiary/aromatic N) is 5. The Bertz CT molecular complexity index is 1160. The van der Waals surface area contributed by atoms with E-state index in [0.717, 1.165) is 75.1 Å². The zero-order chi connectivity index (χ0) is 27.1. The number of thioether (sulfide) groups is 1. The van der Waals surface area contributed by atoms with Crippen molar-refractivity contribution < 1.29 is 9.53 Å². The number of fused-ring (bicyclic) bond motifs is 4. The van der Waals surface area contributed by atoms with Crippen LogP contribution in [0.3, 0.4) is 0 Å². The monoisotopic (exact) mass is 589 g/mol. The van der Waals surface area contributed by atoms with Crippen molar-refractivity contribution in [2.24, 2.45) is 4.99 Å². The summed E-state index contributed by atoms with van der Waals surface area (Å²) in [4.78, 5) is 32.6. The number of carbonyl (C=O) groups excluding carboxylic acids is 1. The maximum Gasteiger partial charge on any atom is 0.410 e. The number of ether oxygens (including phenoxy) is 1. The van der Waals surface area contributed by atoms with Crippen molar-refractivity contribution in [3.05, 3.63) is 21.8 Å². The summed E-state index contributed by atoms with van der Waals surface area (Å²) in [5.41, 5.74) is 4.65. The molecule has 0 spiro atoms. The van der Waals surface area contributed by atoms with Crippen molar-refractivity contribution in [2.75, 3.05) is 23.7 Å². The largest absolute Gasteiger partial charge is 0.444 e. The molecule has 1 aromatic rings. The molecule has 3 unspecified atom stereocenters. The third-order valence-corrected chi connectivity index (χ3v) is 8.92. The van der Waals surface area contributed by atoms with Gasteiger partial charge in [-0.25, -0.2) is 14.8 Å². The number of halogens is 1. The lowest BCUT2D eigenvalue weighted by Crippen LogP contribution is -2.65. The van der Waals surface area contributed by atoms with E-state index >= 15 is 0 Å². The van der Waals surface area contributed by atoms with Crippen molar-refractivity contribution in [1.29, 1.82) is 0 Å². The average molecular weight is 591 g/mol. The highest BCUT2D eigenvalue weighted by Crippen LogP contribution is 2.45. The molecule has 3 saturated heterocycles. The zero-order valence-electron chi connectivity index (χ0n) is 23.4. The molecule has 1 amide bonds. The van der Waals surface area contributed by atoms with E-state index in [4.69, 9.17) is 19.7 Å². The first kappa shape index (κ1) is 28.1. The van der Waals surface area contributed by atoms with Gasteiger partial charge in [0.15, 0.2) is 5.16 Å². The number of aliphatic imine (C=N–C) groups is 1. The standard InChI is InChI=1S/C28H40BrN5O2S/c1-9-16(4)30-24-20(10-2)21-23(17(5)22(24)29)31-26(37-11-3)32-25(21)33-14-19-13-12-18(33)15-34(19)27(35)36-28(6,7)8/h10,16,18-19H,9,11-15H2,1-8H3/b20-10-,30-24?. The molecular formula is C28H40BrN5O2S. The molecule has 37 heavy (non-hydrogen) atoms. The van der Waals surface area contributed by atoms with Crippen LogP contribution in [0.5, 0.6) is 0 Å². The summed E-state index contributed by atoms with van der Waals surface area (Å²) in [6, 6.07) is 0.486. The van der Waals surface area contributed by atoms with E-state index in [0.29, 0.717) is 6.54 Å². The van der Waals surface area contributed by atoms with Gasteiger partial charge in [0.2, 0.25) is 0 Å². The van der Waals surface area contributed by atoms with Gasteiger partial charge in [-0.2, -0.15) is 0 Å². The number of allylic oxidation sites excluding steroid dienone is 4. The smallest absolute Gasteiger partial charge is 0.410 e. The number of carbonyl (C=O) groups is 1. The van der Waals surface area contributed by atoms with Gasteiger partial charge in [0.05, 0.1) is 23.0 Å². The molecule has 0 radical (unpaired) electrons. The van der Waals surface area contributed by atoms with Gasteiger partial charge in [-0.15, -0.1) is 0 Å². The van der Waals surface area contributed by atoms with Gasteiger partial charge in [-0.05, 0) is 88.1 Å². The fourth-order valence-corrected chi connectivity index (χ4v) is 6.29. The molecule has 0 N–H and O–H groups in total. The summed E-state index contributed by atoms with van der Waals surface area (Å²) < 4.78 is 6.74. The van der Waals surface area contributed by atoms with E-state index in [9.17, 15) is 4.79 Å². The average Bonchev–Trinajstić information content (AvgIpc) is 2.86. The number of piperidine rings is 2. The summed E-state index contributed by atoms with van der Waals surface area (Å²) >= 11 is 5.53. The van der Waals surface area contributed by atoms with Gasteiger partial charge in [0.1, 0.15) is 11.4 Å². The van der Waals surface area contributed by atoms with Gasteiger partial charge >= 0.3 is 6.09 Å². The third-order valence-electron chi connectivity index (χ3n) is 7.22. The van der Waals surface area contributed by atoms with Crippen LogP contribution in [0.2, 0.25) is 0 Å². The minimum atomic E-state index is -0.505. The Hall–Kier alpha value is -1.87. The predicted molar refractivity (Wildman–Crippen MR) is 158 cm³/mol. The first-order valence-electron chi connectivity index (χ1n) is 13.4. The Labute approximate surface area is 234 Å². The molecule has 4 aliphatic rings. The maximum absolute atomic E-state index is 13.0. The lowest BCUT2D eigenvalue weighted by molar-refractivity contribution is 0.000762. The first-order valence-corrected chi connectivity index (χ1v) is 15.2. The van der Waals surface area contributed by atoms with Gasteiger partial charge < -0.3 is 14.5 Å². The molecule has 0 aromatic carbocycles. The molecule has 9 heteroatoms. The Kier molecular flexibility index (Phi) is 8.43. The maximum atomic E-state index is 13.0. The van der Waals surface area contributed by atoms with Gasteiger partial charge in [-0.3, -0.25) is 4.99 Å². The van der Waals surface area contributed by atoms with Gasteiger partial charge in [0, 0.05) is 35.2 Å². The summed E-state index contributed by atoms with van der Waals surface area (Å²) in [7, 11) is 0. The fraction of sp³-hybridized carbons (Fsp3) is 0.643. The van der Waals surface area contributed by atoms with E-state index < -0.39 is 5.60 Å². The summed E-state index contributed by atoms with van der Waals surface area (Å²) in [6.45, 7) is 17.8. The molecule has 3 aliphatic heterocycles. The number of hydrogen-bond acceptors (Lipinski definition) is 7. The molecule has 202 valence electrons. The predicted octanol–water partition coefficient (Wildman–Crippen LogP) is 6.96. The molecule has 3 fully saturated rings. The fourth-order valence-electron chi connectivity index (χ4n) is 5.22. The highest BCUT2D eigenvalue weighted by Gasteiger charge is 2.45. The van der Waals surface area contributed by atoms with Crippen molar-refractivity contribution in [2.45, 2.75) is 104 Å². The van der Waals surface area contributed by atoms with E-state index in [1.165, 1.54) is 0 Å². The minimum Gasteiger partial charge on any atom is -0.444 e.